The molecule has 3 heteroatoms. The van der Waals surface area contributed by atoms with E-state index in [0.29, 0.717) is 12.1 Å². The van der Waals surface area contributed by atoms with Gasteiger partial charge in [0.1, 0.15) is 0 Å². The summed E-state index contributed by atoms with van der Waals surface area (Å²) in [5, 5.41) is 0. The van der Waals surface area contributed by atoms with Crippen molar-refractivity contribution in [1.29, 1.82) is 0 Å². The van der Waals surface area contributed by atoms with E-state index in [2.05, 4.69) is 36.7 Å². The van der Waals surface area contributed by atoms with Gasteiger partial charge in [0.2, 0.25) is 0 Å². The van der Waals surface area contributed by atoms with Gasteiger partial charge in [-0.25, -0.2) is 0 Å². The normalized spacial score (nSPS) is 19.9. The number of thioether (sulfide) groups is 1. The zero-order valence-electron chi connectivity index (χ0n) is 9.60. The van der Waals surface area contributed by atoms with E-state index < -0.39 is 0 Å². The number of fused-ring (bicyclic) bond motifs is 1. The van der Waals surface area contributed by atoms with E-state index in [0.717, 1.165) is 12.3 Å². The van der Waals surface area contributed by atoms with Crippen molar-refractivity contribution in [2.45, 2.75) is 37.8 Å². The lowest BCUT2D eigenvalue weighted by atomic mass is 10.1. The molecule has 0 radical (unpaired) electrons. The lowest BCUT2D eigenvalue weighted by molar-refractivity contribution is 0.175. The van der Waals surface area contributed by atoms with Crippen LogP contribution in [0.15, 0.2) is 23.2 Å². The molecule has 0 fully saturated rings. The highest BCUT2D eigenvalue weighted by Gasteiger charge is 2.29. The molecule has 1 aromatic rings. The van der Waals surface area contributed by atoms with Gasteiger partial charge in [-0.15, -0.1) is 11.8 Å². The molecule has 0 saturated heterocycles. The Balaban J connectivity index is 2.26. The molecule has 0 bridgehead atoms. The summed E-state index contributed by atoms with van der Waals surface area (Å²) in [6.07, 6.45) is 1.91. The maximum Gasteiger partial charge on any atom is 0.0719 e. The molecule has 0 aliphatic carbocycles. The van der Waals surface area contributed by atoms with E-state index in [4.69, 9.17) is 0 Å². The van der Waals surface area contributed by atoms with Crippen LogP contribution in [0.2, 0.25) is 0 Å². The van der Waals surface area contributed by atoms with Gasteiger partial charge >= 0.3 is 0 Å². The van der Waals surface area contributed by atoms with E-state index in [-0.39, 0.29) is 0 Å². The first kappa shape index (κ1) is 11.0. The summed E-state index contributed by atoms with van der Waals surface area (Å²) in [6.45, 7) is 7.84. The standard InChI is InChI=1S/C12H18N2S/c1-4-14(9(2)3)10-8-15-11-6-5-7-13-12(10)11/h5-7,9-10H,4,8H2,1-3H3. The minimum atomic E-state index is 0.510. The Morgan fingerprint density at radius 1 is 1.60 bits per heavy atom. The molecule has 2 heterocycles. The summed E-state index contributed by atoms with van der Waals surface area (Å²) in [5.41, 5.74) is 1.28. The smallest absolute Gasteiger partial charge is 0.0719 e. The first-order chi connectivity index (χ1) is 7.24. The van der Waals surface area contributed by atoms with E-state index >= 15 is 0 Å². The van der Waals surface area contributed by atoms with Crippen molar-refractivity contribution in [3.05, 3.63) is 24.0 Å². The quantitative estimate of drug-likeness (QED) is 0.782. The fraction of sp³-hybridized carbons (Fsp3) is 0.583. The van der Waals surface area contributed by atoms with Gasteiger partial charge in [0.25, 0.3) is 0 Å². The van der Waals surface area contributed by atoms with Gasteiger partial charge in [-0.2, -0.15) is 0 Å². The van der Waals surface area contributed by atoms with Crippen LogP contribution in [0.4, 0.5) is 0 Å². The molecule has 1 aliphatic heterocycles. The van der Waals surface area contributed by atoms with Gasteiger partial charge in [-0.3, -0.25) is 9.88 Å². The van der Waals surface area contributed by atoms with Crippen LogP contribution in [0.3, 0.4) is 0 Å². The molecule has 1 atom stereocenters. The molecule has 0 saturated carbocycles. The van der Waals surface area contributed by atoms with Gasteiger partial charge < -0.3 is 0 Å². The predicted molar refractivity (Wildman–Crippen MR) is 65.2 cm³/mol. The van der Waals surface area contributed by atoms with Crippen molar-refractivity contribution >= 4 is 11.8 Å². The van der Waals surface area contributed by atoms with Crippen molar-refractivity contribution in [1.82, 2.24) is 9.88 Å². The van der Waals surface area contributed by atoms with E-state index in [1.165, 1.54) is 10.6 Å². The number of rotatable bonds is 3. The van der Waals surface area contributed by atoms with Crippen LogP contribution in [0.1, 0.15) is 32.5 Å². The molecule has 15 heavy (non-hydrogen) atoms. The van der Waals surface area contributed by atoms with Gasteiger partial charge in [0, 0.05) is 22.9 Å². The van der Waals surface area contributed by atoms with Crippen LogP contribution in [0.25, 0.3) is 0 Å². The first-order valence-corrected chi connectivity index (χ1v) is 6.56. The van der Waals surface area contributed by atoms with Crippen molar-refractivity contribution in [3.8, 4) is 0 Å². The number of nitrogens with zero attached hydrogens (tertiary/aromatic N) is 2. The second kappa shape index (κ2) is 4.54. The van der Waals surface area contributed by atoms with Crippen LogP contribution < -0.4 is 0 Å². The van der Waals surface area contributed by atoms with Crippen molar-refractivity contribution < 1.29 is 0 Å². The van der Waals surface area contributed by atoms with Gasteiger partial charge in [-0.05, 0) is 32.5 Å². The summed E-state index contributed by atoms with van der Waals surface area (Å²) in [7, 11) is 0. The van der Waals surface area contributed by atoms with Crippen molar-refractivity contribution in [3.63, 3.8) is 0 Å². The average molecular weight is 222 g/mol. The summed E-state index contributed by atoms with van der Waals surface area (Å²) >= 11 is 1.93. The molecule has 2 nitrogen and oxygen atoms in total. The minimum Gasteiger partial charge on any atom is -0.292 e. The molecule has 1 aromatic heterocycles. The Labute approximate surface area is 96.1 Å². The molecule has 82 valence electrons. The zero-order valence-corrected chi connectivity index (χ0v) is 10.4. The van der Waals surface area contributed by atoms with Gasteiger partial charge in [0.15, 0.2) is 0 Å². The molecule has 1 unspecified atom stereocenters. The number of aromatic nitrogens is 1. The summed E-state index contributed by atoms with van der Waals surface area (Å²) in [5.74, 6) is 1.15. The van der Waals surface area contributed by atoms with E-state index in [1.54, 1.807) is 0 Å². The molecule has 0 N–H and O–H groups in total. The highest BCUT2D eigenvalue weighted by molar-refractivity contribution is 7.99. The van der Waals surface area contributed by atoms with E-state index in [1.807, 2.05) is 24.0 Å². The van der Waals surface area contributed by atoms with Crippen LogP contribution in [-0.4, -0.2) is 28.2 Å². The number of hydrogen-bond donors (Lipinski definition) is 0. The van der Waals surface area contributed by atoms with Crippen molar-refractivity contribution in [2.75, 3.05) is 12.3 Å². The molecule has 2 rings (SSSR count). The third-order valence-corrected chi connectivity index (χ3v) is 4.08. The van der Waals surface area contributed by atoms with Crippen LogP contribution in [0, 0.1) is 0 Å². The summed E-state index contributed by atoms with van der Waals surface area (Å²) in [6, 6.07) is 5.31. The van der Waals surface area contributed by atoms with Crippen LogP contribution >= 0.6 is 11.8 Å². The second-order valence-corrected chi connectivity index (χ2v) is 5.20. The molecule has 1 aliphatic rings. The summed E-state index contributed by atoms with van der Waals surface area (Å²) in [4.78, 5) is 8.41. The predicted octanol–water partition coefficient (Wildman–Crippen LogP) is 2.96. The first-order valence-electron chi connectivity index (χ1n) is 5.57. The molecule has 0 amide bonds. The Bertz CT molecular complexity index is 338. The lowest BCUT2D eigenvalue weighted by Gasteiger charge is -2.30. The maximum absolute atomic E-state index is 4.53. The Hall–Kier alpha value is -0.540. The monoisotopic (exact) mass is 222 g/mol. The Morgan fingerprint density at radius 2 is 2.40 bits per heavy atom. The average Bonchev–Trinajstić information content (AvgIpc) is 2.63. The highest BCUT2D eigenvalue weighted by atomic mass is 32.2. The topological polar surface area (TPSA) is 16.1 Å². The third kappa shape index (κ3) is 2.04. The molecular formula is C12H18N2S. The SMILES string of the molecule is CCN(C(C)C)C1CSc2cccnc21. The third-order valence-electron chi connectivity index (χ3n) is 2.94. The zero-order chi connectivity index (χ0) is 10.8. The second-order valence-electron chi connectivity index (χ2n) is 4.14. The van der Waals surface area contributed by atoms with Gasteiger partial charge in [-0.1, -0.05) is 6.92 Å². The minimum absolute atomic E-state index is 0.510. The number of pyridine rings is 1. The largest absolute Gasteiger partial charge is 0.292 e. The highest BCUT2D eigenvalue weighted by Crippen LogP contribution is 2.40. The van der Waals surface area contributed by atoms with Crippen LogP contribution in [-0.2, 0) is 0 Å². The molecule has 0 aromatic carbocycles. The number of hydrogen-bond acceptors (Lipinski definition) is 3. The molecular weight excluding hydrogens is 204 g/mol. The van der Waals surface area contributed by atoms with Crippen molar-refractivity contribution in [2.24, 2.45) is 0 Å². The Kier molecular flexibility index (Phi) is 3.32. The van der Waals surface area contributed by atoms with E-state index in [9.17, 15) is 0 Å². The maximum atomic E-state index is 4.53. The van der Waals surface area contributed by atoms with Crippen LogP contribution in [0.5, 0.6) is 0 Å². The fourth-order valence-corrected chi connectivity index (χ4v) is 3.42. The lowest BCUT2D eigenvalue weighted by Crippen LogP contribution is -2.35. The molecule has 0 spiro atoms. The summed E-state index contributed by atoms with van der Waals surface area (Å²) < 4.78 is 0. The Morgan fingerprint density at radius 3 is 3.07 bits per heavy atom. The van der Waals surface area contributed by atoms with Gasteiger partial charge in [0.05, 0.1) is 11.7 Å². The fourth-order valence-electron chi connectivity index (χ4n) is 2.22.